The van der Waals surface area contributed by atoms with E-state index in [1.165, 1.54) is 17.1 Å². The van der Waals surface area contributed by atoms with Gasteiger partial charge in [-0.25, -0.2) is 4.68 Å². The van der Waals surface area contributed by atoms with E-state index in [-0.39, 0.29) is 0 Å². The van der Waals surface area contributed by atoms with E-state index >= 15 is 0 Å². The molecule has 8 heteroatoms. The van der Waals surface area contributed by atoms with Crippen molar-refractivity contribution in [2.45, 2.75) is 30.6 Å². The fourth-order valence-corrected chi connectivity index (χ4v) is 1.79. The molecule has 8 nitrogen and oxygen atoms in total. The minimum absolute atomic E-state index is 0.532. The van der Waals surface area contributed by atoms with Gasteiger partial charge in [-0.3, -0.25) is 0 Å². The molecule has 0 spiro atoms. The van der Waals surface area contributed by atoms with Crippen molar-refractivity contribution in [1.29, 1.82) is 0 Å². The Morgan fingerprint density at radius 3 is 2.75 bits per heavy atom. The number of aromatic nitrogens is 3. The molecule has 0 amide bonds. The van der Waals surface area contributed by atoms with Crippen LogP contribution in [0, 0.1) is 0 Å². The SMILES string of the molecule is OCC(O)C1OC(O)C(O)C1n1ccnn1. The summed E-state index contributed by atoms with van der Waals surface area (Å²) in [5.41, 5.74) is 0. The minimum Gasteiger partial charge on any atom is -0.394 e. The zero-order valence-corrected chi connectivity index (χ0v) is 8.29. The van der Waals surface area contributed by atoms with Crippen molar-refractivity contribution in [1.82, 2.24) is 15.0 Å². The van der Waals surface area contributed by atoms with Crippen LogP contribution in [0.5, 0.6) is 0 Å². The Kier molecular flexibility index (Phi) is 3.17. The lowest BCUT2D eigenvalue weighted by Crippen LogP contribution is -2.38. The van der Waals surface area contributed by atoms with Crippen molar-refractivity contribution in [3.05, 3.63) is 12.4 Å². The number of rotatable bonds is 3. The van der Waals surface area contributed by atoms with Crippen LogP contribution in [0.2, 0.25) is 0 Å². The Morgan fingerprint density at radius 1 is 1.44 bits per heavy atom. The second kappa shape index (κ2) is 4.44. The monoisotopic (exact) mass is 231 g/mol. The number of hydrogen-bond donors (Lipinski definition) is 4. The van der Waals surface area contributed by atoms with E-state index < -0.39 is 37.3 Å². The average molecular weight is 231 g/mol. The summed E-state index contributed by atoms with van der Waals surface area (Å²) in [6.45, 7) is -0.532. The van der Waals surface area contributed by atoms with Gasteiger partial charge in [-0.2, -0.15) is 0 Å². The molecular formula is C8H13N3O5. The molecule has 0 radical (unpaired) electrons. The van der Waals surface area contributed by atoms with Gasteiger partial charge >= 0.3 is 0 Å². The van der Waals surface area contributed by atoms with Crippen LogP contribution in [-0.4, -0.2) is 66.6 Å². The quantitative estimate of drug-likeness (QED) is 0.445. The van der Waals surface area contributed by atoms with E-state index in [1.54, 1.807) is 0 Å². The van der Waals surface area contributed by atoms with Crippen LogP contribution < -0.4 is 0 Å². The van der Waals surface area contributed by atoms with E-state index in [9.17, 15) is 15.3 Å². The summed E-state index contributed by atoms with van der Waals surface area (Å²) in [4.78, 5) is 0. The molecule has 1 aromatic heterocycles. The summed E-state index contributed by atoms with van der Waals surface area (Å²) in [5, 5.41) is 44.6. The van der Waals surface area contributed by atoms with Gasteiger partial charge in [0.05, 0.1) is 12.8 Å². The van der Waals surface area contributed by atoms with Gasteiger partial charge in [0.1, 0.15) is 24.4 Å². The number of nitrogens with zero attached hydrogens (tertiary/aromatic N) is 3. The second-order valence-corrected chi connectivity index (χ2v) is 3.61. The molecule has 1 aliphatic heterocycles. The molecule has 2 rings (SSSR count). The highest BCUT2D eigenvalue weighted by molar-refractivity contribution is 4.94. The first-order chi connectivity index (χ1) is 7.65. The predicted octanol–water partition coefficient (Wildman–Crippen LogP) is -2.75. The first kappa shape index (κ1) is 11.4. The fourth-order valence-electron chi connectivity index (χ4n) is 1.79. The second-order valence-electron chi connectivity index (χ2n) is 3.61. The fraction of sp³-hybridized carbons (Fsp3) is 0.750. The Labute approximate surface area is 90.7 Å². The van der Waals surface area contributed by atoms with Gasteiger partial charge in [0.25, 0.3) is 0 Å². The van der Waals surface area contributed by atoms with Crippen molar-refractivity contribution in [3.8, 4) is 0 Å². The van der Waals surface area contributed by atoms with Gasteiger partial charge in [0.15, 0.2) is 6.29 Å². The standard InChI is InChI=1S/C8H13N3O5/c12-3-4(13)7-5(6(14)8(15)16-7)11-2-1-9-10-11/h1-2,4-8,12-15H,3H2. The maximum atomic E-state index is 9.69. The third-order valence-electron chi connectivity index (χ3n) is 2.59. The molecule has 0 aromatic carbocycles. The van der Waals surface area contributed by atoms with E-state index in [0.717, 1.165) is 0 Å². The van der Waals surface area contributed by atoms with Gasteiger partial charge in [-0.05, 0) is 0 Å². The first-order valence-electron chi connectivity index (χ1n) is 4.81. The Bertz CT molecular complexity index is 332. The maximum absolute atomic E-state index is 9.69. The highest BCUT2D eigenvalue weighted by atomic mass is 16.6. The van der Waals surface area contributed by atoms with Crippen LogP contribution in [0.1, 0.15) is 6.04 Å². The van der Waals surface area contributed by atoms with Crippen molar-refractivity contribution in [2.24, 2.45) is 0 Å². The van der Waals surface area contributed by atoms with Crippen molar-refractivity contribution < 1.29 is 25.2 Å². The van der Waals surface area contributed by atoms with Crippen LogP contribution in [0.3, 0.4) is 0 Å². The molecule has 16 heavy (non-hydrogen) atoms. The molecule has 5 unspecified atom stereocenters. The van der Waals surface area contributed by atoms with Crippen LogP contribution in [0.25, 0.3) is 0 Å². The zero-order valence-electron chi connectivity index (χ0n) is 8.29. The summed E-state index contributed by atoms with van der Waals surface area (Å²) in [6, 6.07) is -0.778. The molecule has 1 aliphatic rings. The lowest BCUT2D eigenvalue weighted by Gasteiger charge is -2.22. The average Bonchev–Trinajstić information content (AvgIpc) is 2.87. The van der Waals surface area contributed by atoms with E-state index in [4.69, 9.17) is 9.84 Å². The predicted molar refractivity (Wildman–Crippen MR) is 49.0 cm³/mol. The van der Waals surface area contributed by atoms with Gasteiger partial charge in [-0.1, -0.05) is 5.21 Å². The molecule has 0 aliphatic carbocycles. The normalized spacial score (nSPS) is 36.5. The Balaban J connectivity index is 2.24. The third-order valence-corrected chi connectivity index (χ3v) is 2.59. The highest BCUT2D eigenvalue weighted by Crippen LogP contribution is 2.31. The Morgan fingerprint density at radius 2 is 2.19 bits per heavy atom. The van der Waals surface area contributed by atoms with E-state index in [0.29, 0.717) is 0 Å². The van der Waals surface area contributed by atoms with Gasteiger partial charge in [-0.15, -0.1) is 5.10 Å². The number of hydrogen-bond acceptors (Lipinski definition) is 7. The molecule has 0 bridgehead atoms. The molecule has 90 valence electrons. The van der Waals surface area contributed by atoms with E-state index in [1.807, 2.05) is 0 Å². The van der Waals surface area contributed by atoms with Crippen LogP contribution in [0.4, 0.5) is 0 Å². The van der Waals surface area contributed by atoms with Crippen LogP contribution in [-0.2, 0) is 4.74 Å². The molecule has 0 saturated carbocycles. The largest absolute Gasteiger partial charge is 0.394 e. The summed E-state index contributed by atoms with van der Waals surface area (Å²) in [5.74, 6) is 0. The number of aliphatic hydroxyl groups is 4. The molecule has 1 aromatic rings. The summed E-state index contributed by atoms with van der Waals surface area (Å²) in [7, 11) is 0. The van der Waals surface area contributed by atoms with Gasteiger partial charge in [0, 0.05) is 6.20 Å². The Hall–Kier alpha value is -1.06. The van der Waals surface area contributed by atoms with Crippen molar-refractivity contribution >= 4 is 0 Å². The molecule has 1 saturated heterocycles. The lowest BCUT2D eigenvalue weighted by molar-refractivity contribution is -0.149. The summed E-state index contributed by atoms with van der Waals surface area (Å²) < 4.78 is 6.25. The third kappa shape index (κ3) is 1.81. The smallest absolute Gasteiger partial charge is 0.183 e. The molecule has 4 N–H and O–H groups in total. The topological polar surface area (TPSA) is 121 Å². The highest BCUT2D eigenvalue weighted by Gasteiger charge is 2.47. The minimum atomic E-state index is -1.42. The van der Waals surface area contributed by atoms with E-state index in [2.05, 4.69) is 10.3 Å². The number of ether oxygens (including phenoxy) is 1. The molecular weight excluding hydrogens is 218 g/mol. The van der Waals surface area contributed by atoms with Gasteiger partial charge in [0.2, 0.25) is 0 Å². The molecule has 2 heterocycles. The van der Waals surface area contributed by atoms with Crippen LogP contribution in [0.15, 0.2) is 12.4 Å². The maximum Gasteiger partial charge on any atom is 0.183 e. The molecule has 1 fully saturated rings. The summed E-state index contributed by atoms with van der Waals surface area (Å²) in [6.07, 6.45) is -1.90. The molecule has 5 atom stereocenters. The first-order valence-corrected chi connectivity index (χ1v) is 4.81. The van der Waals surface area contributed by atoms with Crippen LogP contribution >= 0.6 is 0 Å². The zero-order chi connectivity index (χ0) is 11.7. The lowest BCUT2D eigenvalue weighted by atomic mass is 10.0. The van der Waals surface area contributed by atoms with Crippen molar-refractivity contribution in [2.75, 3.05) is 6.61 Å². The van der Waals surface area contributed by atoms with Gasteiger partial charge < -0.3 is 25.2 Å². The summed E-state index contributed by atoms with van der Waals surface area (Å²) >= 11 is 0. The number of aliphatic hydroxyl groups excluding tert-OH is 4. The van der Waals surface area contributed by atoms with Crippen molar-refractivity contribution in [3.63, 3.8) is 0 Å².